The summed E-state index contributed by atoms with van der Waals surface area (Å²) >= 11 is 0. The number of hydrogen-bond donors (Lipinski definition) is 1. The van der Waals surface area contributed by atoms with Crippen LogP contribution in [0.3, 0.4) is 0 Å². The van der Waals surface area contributed by atoms with Gasteiger partial charge in [0.25, 0.3) is 5.91 Å². The highest BCUT2D eigenvalue weighted by Gasteiger charge is 2.12. The molecule has 3 rings (SSSR count). The summed E-state index contributed by atoms with van der Waals surface area (Å²) in [4.78, 5) is 19.0. The Hall–Kier alpha value is -3.34. The van der Waals surface area contributed by atoms with Crippen molar-refractivity contribution in [3.05, 3.63) is 78.0 Å². The molecule has 0 bridgehead atoms. The number of amides is 1. The third-order valence-electron chi connectivity index (χ3n) is 4.18. The van der Waals surface area contributed by atoms with Crippen molar-refractivity contribution in [2.24, 2.45) is 0 Å². The zero-order chi connectivity index (χ0) is 19.2. The molecule has 1 heterocycles. The van der Waals surface area contributed by atoms with Crippen LogP contribution in [-0.4, -0.2) is 24.5 Å². The van der Waals surface area contributed by atoms with Crippen LogP contribution in [0, 0.1) is 6.92 Å². The predicted octanol–water partition coefficient (Wildman–Crippen LogP) is 4.81. The van der Waals surface area contributed by atoms with Crippen molar-refractivity contribution in [3.63, 3.8) is 0 Å². The fourth-order valence-electron chi connectivity index (χ4n) is 2.70. The van der Waals surface area contributed by atoms with Gasteiger partial charge in [-0.15, -0.1) is 0 Å². The molecule has 3 aromatic rings. The minimum atomic E-state index is -0.221. The molecule has 0 aliphatic heterocycles. The van der Waals surface area contributed by atoms with Crippen molar-refractivity contribution in [2.45, 2.75) is 13.8 Å². The van der Waals surface area contributed by atoms with E-state index in [1.165, 1.54) is 0 Å². The second-order valence-corrected chi connectivity index (χ2v) is 6.19. The van der Waals surface area contributed by atoms with Crippen molar-refractivity contribution in [1.29, 1.82) is 0 Å². The second kappa shape index (κ2) is 8.36. The molecule has 0 atom stereocenters. The van der Waals surface area contributed by atoms with E-state index in [1.54, 1.807) is 12.3 Å². The number of pyridine rings is 1. The maximum Gasteiger partial charge on any atom is 0.257 e. The van der Waals surface area contributed by atoms with Gasteiger partial charge in [-0.25, -0.2) is 4.98 Å². The van der Waals surface area contributed by atoms with Crippen molar-refractivity contribution in [1.82, 2.24) is 4.98 Å². The van der Waals surface area contributed by atoms with Gasteiger partial charge in [-0.2, -0.15) is 0 Å². The molecule has 0 unspecified atom stereocenters. The number of anilines is 3. The number of aryl methyl sites for hydroxylation is 1. The van der Waals surface area contributed by atoms with Crippen LogP contribution in [0.5, 0.6) is 5.75 Å². The molecule has 0 fully saturated rings. The van der Waals surface area contributed by atoms with Gasteiger partial charge in [0.15, 0.2) is 0 Å². The van der Waals surface area contributed by atoms with E-state index >= 15 is 0 Å². The summed E-state index contributed by atoms with van der Waals surface area (Å²) in [5.74, 6) is 1.21. The van der Waals surface area contributed by atoms with E-state index in [2.05, 4.69) is 10.3 Å². The normalized spacial score (nSPS) is 10.3. The molecule has 138 valence electrons. The Balaban J connectivity index is 1.75. The van der Waals surface area contributed by atoms with Crippen LogP contribution in [0.4, 0.5) is 17.2 Å². The largest absolute Gasteiger partial charge is 0.492 e. The third-order valence-corrected chi connectivity index (χ3v) is 4.18. The number of rotatable bonds is 6. The molecular formula is C22H23N3O2. The molecule has 0 spiro atoms. The highest BCUT2D eigenvalue weighted by atomic mass is 16.5. The van der Waals surface area contributed by atoms with Gasteiger partial charge < -0.3 is 15.0 Å². The van der Waals surface area contributed by atoms with Gasteiger partial charge in [-0.05, 0) is 55.8 Å². The molecule has 0 radical (unpaired) electrons. The number of ether oxygens (including phenoxy) is 1. The lowest BCUT2D eigenvalue weighted by molar-refractivity contribution is 0.102. The summed E-state index contributed by atoms with van der Waals surface area (Å²) in [6, 6.07) is 19.2. The molecule has 5 nitrogen and oxygen atoms in total. The van der Waals surface area contributed by atoms with E-state index in [-0.39, 0.29) is 5.91 Å². The van der Waals surface area contributed by atoms with Crippen LogP contribution < -0.4 is 15.0 Å². The Morgan fingerprint density at radius 1 is 1.11 bits per heavy atom. The van der Waals surface area contributed by atoms with Crippen LogP contribution in [0.25, 0.3) is 0 Å². The Morgan fingerprint density at radius 3 is 2.56 bits per heavy atom. The van der Waals surface area contributed by atoms with Gasteiger partial charge >= 0.3 is 0 Å². The number of nitrogens with one attached hydrogen (secondary N) is 1. The molecular weight excluding hydrogens is 338 g/mol. The number of carbonyl (C=O) groups is 1. The molecule has 0 saturated carbocycles. The minimum absolute atomic E-state index is 0.221. The number of nitrogens with zero attached hydrogens (tertiary/aromatic N) is 2. The molecule has 1 amide bonds. The van der Waals surface area contributed by atoms with Crippen molar-refractivity contribution >= 4 is 23.1 Å². The lowest BCUT2D eigenvalue weighted by Gasteiger charge is -2.18. The van der Waals surface area contributed by atoms with Crippen LogP contribution in [0.1, 0.15) is 22.8 Å². The SMILES string of the molecule is CCOc1cc(C)ccc1NC(=O)c1ccc(N(C)c2ccccc2)nc1. The van der Waals surface area contributed by atoms with Crippen LogP contribution in [0.2, 0.25) is 0 Å². The quantitative estimate of drug-likeness (QED) is 0.685. The van der Waals surface area contributed by atoms with Gasteiger partial charge in [-0.1, -0.05) is 24.3 Å². The van der Waals surface area contributed by atoms with Gasteiger partial charge in [0.2, 0.25) is 0 Å². The van der Waals surface area contributed by atoms with Crippen molar-refractivity contribution < 1.29 is 9.53 Å². The molecule has 5 heteroatoms. The Bertz CT molecular complexity index is 909. The van der Waals surface area contributed by atoms with Crippen LogP contribution in [0.15, 0.2) is 66.9 Å². The lowest BCUT2D eigenvalue weighted by atomic mass is 10.2. The molecule has 0 aliphatic carbocycles. The van der Waals surface area contributed by atoms with E-state index in [0.29, 0.717) is 23.6 Å². The third kappa shape index (κ3) is 4.44. The molecule has 27 heavy (non-hydrogen) atoms. The van der Waals surface area contributed by atoms with Gasteiger partial charge in [0.1, 0.15) is 11.6 Å². The smallest absolute Gasteiger partial charge is 0.257 e. The number of carbonyl (C=O) groups excluding carboxylic acids is 1. The van der Waals surface area contributed by atoms with Gasteiger partial charge in [0.05, 0.1) is 17.9 Å². The molecule has 1 aromatic heterocycles. The van der Waals surface area contributed by atoms with E-state index in [0.717, 1.165) is 17.1 Å². The summed E-state index contributed by atoms with van der Waals surface area (Å²) in [6.07, 6.45) is 1.58. The topological polar surface area (TPSA) is 54.5 Å². The number of para-hydroxylation sites is 1. The van der Waals surface area contributed by atoms with Gasteiger partial charge in [-0.3, -0.25) is 4.79 Å². The summed E-state index contributed by atoms with van der Waals surface area (Å²) in [5.41, 5.74) is 3.25. The van der Waals surface area contributed by atoms with E-state index in [1.807, 2.05) is 80.4 Å². The first-order valence-corrected chi connectivity index (χ1v) is 8.88. The second-order valence-electron chi connectivity index (χ2n) is 6.19. The highest BCUT2D eigenvalue weighted by molar-refractivity contribution is 6.05. The number of benzene rings is 2. The monoisotopic (exact) mass is 361 g/mol. The fraction of sp³-hybridized carbons (Fsp3) is 0.182. The standard InChI is InChI=1S/C22H23N3O2/c1-4-27-20-14-16(2)10-12-19(20)24-22(26)17-11-13-21(23-15-17)25(3)18-8-6-5-7-9-18/h5-15H,4H2,1-3H3,(H,24,26). The lowest BCUT2D eigenvalue weighted by Crippen LogP contribution is -2.15. The summed E-state index contributed by atoms with van der Waals surface area (Å²) in [5, 5.41) is 2.90. The van der Waals surface area contributed by atoms with E-state index in [9.17, 15) is 4.79 Å². The average Bonchev–Trinajstić information content (AvgIpc) is 2.70. The van der Waals surface area contributed by atoms with E-state index < -0.39 is 0 Å². The molecule has 0 saturated heterocycles. The van der Waals surface area contributed by atoms with Crippen molar-refractivity contribution in [3.8, 4) is 5.75 Å². The summed E-state index contributed by atoms with van der Waals surface area (Å²) in [7, 11) is 1.94. The zero-order valence-electron chi connectivity index (χ0n) is 15.8. The molecule has 0 aliphatic rings. The number of hydrogen-bond acceptors (Lipinski definition) is 4. The Kier molecular flexibility index (Phi) is 5.71. The first-order valence-electron chi connectivity index (χ1n) is 8.88. The van der Waals surface area contributed by atoms with Crippen molar-refractivity contribution in [2.75, 3.05) is 23.9 Å². The Labute approximate surface area is 159 Å². The van der Waals surface area contributed by atoms with Crippen LogP contribution in [-0.2, 0) is 0 Å². The average molecular weight is 361 g/mol. The molecule has 2 aromatic carbocycles. The van der Waals surface area contributed by atoms with E-state index in [4.69, 9.17) is 4.74 Å². The minimum Gasteiger partial charge on any atom is -0.492 e. The first kappa shape index (κ1) is 18.5. The van der Waals surface area contributed by atoms with Crippen LogP contribution >= 0.6 is 0 Å². The summed E-state index contributed by atoms with van der Waals surface area (Å²) < 4.78 is 5.62. The maximum absolute atomic E-state index is 12.6. The maximum atomic E-state index is 12.6. The number of aromatic nitrogens is 1. The highest BCUT2D eigenvalue weighted by Crippen LogP contribution is 2.26. The Morgan fingerprint density at radius 2 is 1.89 bits per heavy atom. The fourth-order valence-corrected chi connectivity index (χ4v) is 2.70. The summed E-state index contributed by atoms with van der Waals surface area (Å²) in [6.45, 7) is 4.44. The predicted molar refractivity (Wildman–Crippen MR) is 109 cm³/mol. The van der Waals surface area contributed by atoms with Gasteiger partial charge in [0, 0.05) is 18.9 Å². The zero-order valence-corrected chi connectivity index (χ0v) is 15.8. The first-order chi connectivity index (χ1) is 13.1. The molecule has 1 N–H and O–H groups in total.